The second-order valence-corrected chi connectivity index (χ2v) is 6.01. The van der Waals surface area contributed by atoms with E-state index < -0.39 is 0 Å². The maximum atomic E-state index is 12.5. The number of benzene rings is 2. The summed E-state index contributed by atoms with van der Waals surface area (Å²) in [5.41, 5.74) is 7.71. The molecule has 5 heteroatoms. The Morgan fingerprint density at radius 2 is 1.58 bits per heavy atom. The second kappa shape index (κ2) is 7.17. The molecular formula is C19H21N3O2. The van der Waals surface area contributed by atoms with Crippen molar-refractivity contribution in [3.05, 3.63) is 60.2 Å². The Hall–Kier alpha value is -2.82. The number of hydrogen-bond donors (Lipinski definition) is 2. The molecule has 0 spiro atoms. The van der Waals surface area contributed by atoms with Gasteiger partial charge < -0.3 is 16.0 Å². The highest BCUT2D eigenvalue weighted by Gasteiger charge is 2.28. The molecule has 0 bridgehead atoms. The number of rotatable bonds is 3. The van der Waals surface area contributed by atoms with Crippen LogP contribution in [0, 0.1) is 5.92 Å². The van der Waals surface area contributed by atoms with Gasteiger partial charge in [0.25, 0.3) is 5.91 Å². The summed E-state index contributed by atoms with van der Waals surface area (Å²) < 4.78 is 0. The highest BCUT2D eigenvalue weighted by Crippen LogP contribution is 2.22. The minimum Gasteiger partial charge on any atom is -0.398 e. The number of carbonyl (C=O) groups is 2. The van der Waals surface area contributed by atoms with Crippen LogP contribution in [0.25, 0.3) is 0 Å². The number of nitrogen functional groups attached to an aromatic ring is 1. The van der Waals surface area contributed by atoms with Gasteiger partial charge in [0, 0.05) is 30.4 Å². The summed E-state index contributed by atoms with van der Waals surface area (Å²) in [6, 6.07) is 16.5. The second-order valence-electron chi connectivity index (χ2n) is 6.01. The smallest absolute Gasteiger partial charge is 0.255 e. The van der Waals surface area contributed by atoms with Crippen molar-refractivity contribution in [2.75, 3.05) is 24.1 Å². The molecule has 0 atom stereocenters. The van der Waals surface area contributed by atoms with Gasteiger partial charge in [0.05, 0.1) is 5.56 Å². The third-order valence-electron chi connectivity index (χ3n) is 4.39. The molecule has 0 aromatic heterocycles. The van der Waals surface area contributed by atoms with Gasteiger partial charge in [-0.1, -0.05) is 30.3 Å². The molecule has 3 rings (SSSR count). The molecular weight excluding hydrogens is 302 g/mol. The molecule has 2 aromatic carbocycles. The lowest BCUT2D eigenvalue weighted by Gasteiger charge is -2.31. The SMILES string of the molecule is Nc1ccccc1C(=O)N1CCC(C(=O)Nc2ccccc2)CC1. The first-order chi connectivity index (χ1) is 11.6. The molecule has 0 aliphatic carbocycles. The van der Waals surface area contributed by atoms with E-state index in [4.69, 9.17) is 5.73 Å². The Kier molecular flexibility index (Phi) is 4.79. The molecule has 1 aliphatic rings. The van der Waals surface area contributed by atoms with Crippen LogP contribution < -0.4 is 11.1 Å². The molecule has 1 heterocycles. The van der Waals surface area contributed by atoms with Gasteiger partial charge in [0.1, 0.15) is 0 Å². The van der Waals surface area contributed by atoms with Gasteiger partial charge in [-0.3, -0.25) is 9.59 Å². The monoisotopic (exact) mass is 323 g/mol. The number of likely N-dealkylation sites (tertiary alicyclic amines) is 1. The van der Waals surface area contributed by atoms with E-state index in [9.17, 15) is 9.59 Å². The Morgan fingerprint density at radius 3 is 2.25 bits per heavy atom. The fraction of sp³-hybridized carbons (Fsp3) is 0.263. The first kappa shape index (κ1) is 16.1. The van der Waals surface area contributed by atoms with Crippen LogP contribution in [0.2, 0.25) is 0 Å². The largest absolute Gasteiger partial charge is 0.398 e. The van der Waals surface area contributed by atoms with Gasteiger partial charge in [-0.15, -0.1) is 0 Å². The van der Waals surface area contributed by atoms with E-state index in [1.54, 1.807) is 17.0 Å². The lowest BCUT2D eigenvalue weighted by atomic mass is 9.95. The van der Waals surface area contributed by atoms with Crippen molar-refractivity contribution in [3.63, 3.8) is 0 Å². The number of piperidine rings is 1. The molecule has 24 heavy (non-hydrogen) atoms. The molecule has 124 valence electrons. The molecule has 0 unspecified atom stereocenters. The zero-order chi connectivity index (χ0) is 16.9. The summed E-state index contributed by atoms with van der Waals surface area (Å²) in [5.74, 6) is -0.107. The summed E-state index contributed by atoms with van der Waals surface area (Å²) >= 11 is 0. The van der Waals surface area contributed by atoms with Crippen molar-refractivity contribution in [2.24, 2.45) is 5.92 Å². The summed E-state index contributed by atoms with van der Waals surface area (Å²) in [4.78, 5) is 26.6. The van der Waals surface area contributed by atoms with E-state index in [1.165, 1.54) is 0 Å². The van der Waals surface area contributed by atoms with Gasteiger partial charge in [-0.05, 0) is 37.1 Å². The zero-order valence-electron chi connectivity index (χ0n) is 13.4. The normalized spacial score (nSPS) is 15.1. The zero-order valence-corrected chi connectivity index (χ0v) is 13.4. The molecule has 2 amide bonds. The van der Waals surface area contributed by atoms with Crippen molar-refractivity contribution in [1.29, 1.82) is 0 Å². The summed E-state index contributed by atoms with van der Waals surface area (Å²) in [7, 11) is 0. The number of amides is 2. The van der Waals surface area contributed by atoms with Crippen LogP contribution in [0.1, 0.15) is 23.2 Å². The number of carbonyl (C=O) groups excluding carboxylic acids is 2. The molecule has 1 aliphatic heterocycles. The first-order valence-electron chi connectivity index (χ1n) is 8.15. The molecule has 0 saturated carbocycles. The van der Waals surface area contributed by atoms with Crippen LogP contribution in [-0.2, 0) is 4.79 Å². The standard InChI is InChI=1S/C19H21N3O2/c20-17-9-5-4-8-16(17)19(24)22-12-10-14(11-13-22)18(23)21-15-6-2-1-3-7-15/h1-9,14H,10-13,20H2,(H,21,23). The summed E-state index contributed by atoms with van der Waals surface area (Å²) in [6.07, 6.45) is 1.33. The average Bonchev–Trinajstić information content (AvgIpc) is 2.62. The Balaban J connectivity index is 1.57. The highest BCUT2D eigenvalue weighted by atomic mass is 16.2. The van der Waals surface area contributed by atoms with E-state index in [-0.39, 0.29) is 17.7 Å². The lowest BCUT2D eigenvalue weighted by Crippen LogP contribution is -2.41. The fourth-order valence-electron chi connectivity index (χ4n) is 2.97. The lowest BCUT2D eigenvalue weighted by molar-refractivity contribution is -0.121. The first-order valence-corrected chi connectivity index (χ1v) is 8.15. The Morgan fingerprint density at radius 1 is 0.958 bits per heavy atom. The topological polar surface area (TPSA) is 75.4 Å². The third kappa shape index (κ3) is 3.56. The quantitative estimate of drug-likeness (QED) is 0.853. The van der Waals surface area contributed by atoms with Crippen LogP contribution in [0.5, 0.6) is 0 Å². The van der Waals surface area contributed by atoms with Gasteiger partial charge in [0.2, 0.25) is 5.91 Å². The number of hydrogen-bond acceptors (Lipinski definition) is 3. The van der Waals surface area contributed by atoms with E-state index in [0.29, 0.717) is 37.2 Å². The van der Waals surface area contributed by atoms with E-state index in [1.807, 2.05) is 42.5 Å². The molecule has 0 radical (unpaired) electrons. The van der Waals surface area contributed by atoms with E-state index in [2.05, 4.69) is 5.32 Å². The maximum Gasteiger partial charge on any atom is 0.255 e. The van der Waals surface area contributed by atoms with E-state index >= 15 is 0 Å². The van der Waals surface area contributed by atoms with Gasteiger partial charge in [0.15, 0.2) is 0 Å². The minimum atomic E-state index is -0.0672. The van der Waals surface area contributed by atoms with Crippen molar-refractivity contribution in [3.8, 4) is 0 Å². The third-order valence-corrected chi connectivity index (χ3v) is 4.39. The fourth-order valence-corrected chi connectivity index (χ4v) is 2.97. The van der Waals surface area contributed by atoms with Crippen LogP contribution in [-0.4, -0.2) is 29.8 Å². The summed E-state index contributed by atoms with van der Waals surface area (Å²) in [5, 5.41) is 2.93. The average molecular weight is 323 g/mol. The number of nitrogens with two attached hydrogens (primary N) is 1. The van der Waals surface area contributed by atoms with Gasteiger partial charge >= 0.3 is 0 Å². The van der Waals surface area contributed by atoms with Gasteiger partial charge in [-0.25, -0.2) is 0 Å². The molecule has 1 fully saturated rings. The highest BCUT2D eigenvalue weighted by molar-refractivity contribution is 5.99. The molecule has 3 N–H and O–H groups in total. The maximum absolute atomic E-state index is 12.5. The molecule has 2 aromatic rings. The minimum absolute atomic E-state index is 0.0209. The van der Waals surface area contributed by atoms with Crippen molar-refractivity contribution >= 4 is 23.2 Å². The van der Waals surface area contributed by atoms with Crippen molar-refractivity contribution < 1.29 is 9.59 Å². The number of nitrogens with one attached hydrogen (secondary N) is 1. The van der Waals surface area contributed by atoms with Crippen molar-refractivity contribution in [2.45, 2.75) is 12.8 Å². The van der Waals surface area contributed by atoms with Crippen molar-refractivity contribution in [1.82, 2.24) is 4.90 Å². The molecule has 5 nitrogen and oxygen atoms in total. The predicted octanol–water partition coefficient (Wildman–Crippen LogP) is 2.76. The predicted molar refractivity (Wildman–Crippen MR) is 94.6 cm³/mol. The Bertz CT molecular complexity index is 722. The Labute approximate surface area is 141 Å². The number of anilines is 2. The number of nitrogens with zero attached hydrogens (tertiary/aromatic N) is 1. The van der Waals surface area contributed by atoms with Crippen LogP contribution in [0.3, 0.4) is 0 Å². The van der Waals surface area contributed by atoms with Crippen LogP contribution >= 0.6 is 0 Å². The van der Waals surface area contributed by atoms with Gasteiger partial charge in [-0.2, -0.15) is 0 Å². The number of para-hydroxylation sites is 2. The summed E-state index contributed by atoms with van der Waals surface area (Å²) in [6.45, 7) is 1.14. The molecule has 1 saturated heterocycles. The van der Waals surface area contributed by atoms with Crippen LogP contribution in [0.4, 0.5) is 11.4 Å². The van der Waals surface area contributed by atoms with Crippen LogP contribution in [0.15, 0.2) is 54.6 Å². The van der Waals surface area contributed by atoms with E-state index in [0.717, 1.165) is 5.69 Å².